The Hall–Kier alpha value is -2.98. The number of benzene rings is 3. The standard InChI is InChI=1S/C22H14O/c1-2-13-11-12-18(23)22-19(13)20-14-7-3-5-9-16(14)21(22)17-10-6-4-8-15(17)20/h1,3-12,20-21,23H. The van der Waals surface area contributed by atoms with Crippen molar-refractivity contribution in [2.24, 2.45) is 0 Å². The largest absolute Gasteiger partial charge is 0.508 e. The van der Waals surface area contributed by atoms with Crippen LogP contribution in [0.2, 0.25) is 0 Å². The first-order chi connectivity index (χ1) is 11.3. The van der Waals surface area contributed by atoms with Crippen LogP contribution in [0.5, 0.6) is 5.75 Å². The van der Waals surface area contributed by atoms with Crippen LogP contribution in [0, 0.1) is 12.3 Å². The van der Waals surface area contributed by atoms with E-state index in [0.717, 1.165) is 16.7 Å². The van der Waals surface area contributed by atoms with Gasteiger partial charge in [0.15, 0.2) is 0 Å². The zero-order valence-electron chi connectivity index (χ0n) is 12.5. The molecule has 2 bridgehead atoms. The molecule has 6 rings (SSSR count). The van der Waals surface area contributed by atoms with E-state index >= 15 is 0 Å². The number of phenolic OH excluding ortho intramolecular Hbond substituents is 1. The highest BCUT2D eigenvalue weighted by Crippen LogP contribution is 2.58. The van der Waals surface area contributed by atoms with Crippen molar-refractivity contribution >= 4 is 0 Å². The van der Waals surface area contributed by atoms with E-state index in [2.05, 4.69) is 54.5 Å². The average molecular weight is 294 g/mol. The molecule has 3 aromatic carbocycles. The summed E-state index contributed by atoms with van der Waals surface area (Å²) in [5.74, 6) is 3.34. The van der Waals surface area contributed by atoms with Gasteiger partial charge < -0.3 is 5.11 Å². The zero-order chi connectivity index (χ0) is 15.6. The molecule has 108 valence electrons. The molecule has 3 aliphatic carbocycles. The van der Waals surface area contributed by atoms with Crippen molar-refractivity contribution in [1.29, 1.82) is 0 Å². The molecule has 0 saturated heterocycles. The highest BCUT2D eigenvalue weighted by atomic mass is 16.3. The van der Waals surface area contributed by atoms with Gasteiger partial charge in [-0.1, -0.05) is 54.5 Å². The Morgan fingerprint density at radius 3 is 1.65 bits per heavy atom. The number of hydrogen-bond acceptors (Lipinski definition) is 1. The van der Waals surface area contributed by atoms with E-state index < -0.39 is 0 Å². The normalized spacial score (nSPS) is 19.4. The molecule has 1 N–H and O–H groups in total. The van der Waals surface area contributed by atoms with E-state index in [1.165, 1.54) is 22.3 Å². The first kappa shape index (κ1) is 12.6. The Balaban J connectivity index is 1.97. The van der Waals surface area contributed by atoms with Crippen LogP contribution in [0.15, 0.2) is 60.7 Å². The minimum atomic E-state index is 0.0655. The van der Waals surface area contributed by atoms with Crippen LogP contribution >= 0.6 is 0 Å². The Morgan fingerprint density at radius 1 is 0.696 bits per heavy atom. The van der Waals surface area contributed by atoms with Crippen LogP contribution in [0.4, 0.5) is 0 Å². The molecule has 0 aromatic heterocycles. The Labute approximate surface area is 135 Å². The number of terminal acetylenes is 1. The quantitative estimate of drug-likeness (QED) is 0.421. The number of aromatic hydroxyl groups is 1. The van der Waals surface area contributed by atoms with Gasteiger partial charge in [-0.2, -0.15) is 0 Å². The molecule has 0 atom stereocenters. The lowest BCUT2D eigenvalue weighted by atomic mass is 9.60. The van der Waals surface area contributed by atoms with Gasteiger partial charge >= 0.3 is 0 Å². The predicted octanol–water partition coefficient (Wildman–Crippen LogP) is 4.36. The highest BCUT2D eigenvalue weighted by molar-refractivity contribution is 5.73. The number of phenols is 1. The summed E-state index contributed by atoms with van der Waals surface area (Å²) in [5, 5.41) is 10.6. The zero-order valence-corrected chi connectivity index (χ0v) is 12.5. The highest BCUT2D eigenvalue weighted by Gasteiger charge is 2.43. The van der Waals surface area contributed by atoms with Crippen molar-refractivity contribution in [3.05, 3.63) is 99.6 Å². The van der Waals surface area contributed by atoms with Crippen LogP contribution in [0.1, 0.15) is 50.8 Å². The molecule has 0 fully saturated rings. The average Bonchev–Trinajstić information content (AvgIpc) is 2.62. The Morgan fingerprint density at radius 2 is 1.17 bits per heavy atom. The molecule has 3 aliphatic rings. The maximum absolute atomic E-state index is 10.6. The summed E-state index contributed by atoms with van der Waals surface area (Å²) in [6, 6.07) is 20.6. The van der Waals surface area contributed by atoms with Crippen molar-refractivity contribution in [1.82, 2.24) is 0 Å². The monoisotopic (exact) mass is 294 g/mol. The lowest BCUT2D eigenvalue weighted by Crippen LogP contribution is -2.28. The number of rotatable bonds is 0. The van der Waals surface area contributed by atoms with Gasteiger partial charge in [-0.15, -0.1) is 6.42 Å². The molecule has 0 amide bonds. The molecule has 1 heteroatoms. The van der Waals surface area contributed by atoms with E-state index in [4.69, 9.17) is 6.42 Å². The molecular formula is C22H14O. The maximum Gasteiger partial charge on any atom is 0.120 e. The first-order valence-corrected chi connectivity index (χ1v) is 7.81. The van der Waals surface area contributed by atoms with Gasteiger partial charge in [-0.3, -0.25) is 0 Å². The molecule has 0 aliphatic heterocycles. The van der Waals surface area contributed by atoms with Crippen LogP contribution in [0.25, 0.3) is 0 Å². The van der Waals surface area contributed by atoms with Crippen LogP contribution in [-0.4, -0.2) is 5.11 Å². The summed E-state index contributed by atoms with van der Waals surface area (Å²) in [4.78, 5) is 0. The first-order valence-electron chi connectivity index (χ1n) is 7.81. The molecule has 0 heterocycles. The third-order valence-corrected chi connectivity index (χ3v) is 5.23. The van der Waals surface area contributed by atoms with Gasteiger partial charge in [-0.05, 0) is 39.9 Å². The van der Waals surface area contributed by atoms with Crippen LogP contribution in [-0.2, 0) is 0 Å². The summed E-state index contributed by atoms with van der Waals surface area (Å²) in [6.45, 7) is 0. The summed E-state index contributed by atoms with van der Waals surface area (Å²) in [6.07, 6.45) is 5.76. The summed E-state index contributed by atoms with van der Waals surface area (Å²) >= 11 is 0. The van der Waals surface area contributed by atoms with Crippen LogP contribution in [0.3, 0.4) is 0 Å². The van der Waals surface area contributed by atoms with E-state index in [-0.39, 0.29) is 11.8 Å². The second-order valence-corrected chi connectivity index (χ2v) is 6.23. The van der Waals surface area contributed by atoms with Gasteiger partial charge in [-0.25, -0.2) is 0 Å². The molecule has 23 heavy (non-hydrogen) atoms. The fraction of sp³-hybridized carbons (Fsp3) is 0.0909. The molecule has 0 spiro atoms. The minimum absolute atomic E-state index is 0.0655. The maximum atomic E-state index is 10.6. The van der Waals surface area contributed by atoms with Gasteiger partial charge in [0.2, 0.25) is 0 Å². The van der Waals surface area contributed by atoms with Crippen molar-refractivity contribution in [2.75, 3.05) is 0 Å². The Bertz CT molecular complexity index is 959. The SMILES string of the molecule is C#Cc1ccc(O)c2c1C1c3ccccc3C2c2ccccc21. The van der Waals surface area contributed by atoms with Crippen molar-refractivity contribution < 1.29 is 5.11 Å². The fourth-order valence-corrected chi connectivity index (χ4v) is 4.40. The van der Waals surface area contributed by atoms with Crippen molar-refractivity contribution in [3.63, 3.8) is 0 Å². The lowest BCUT2D eigenvalue weighted by Gasteiger charge is -2.42. The fourth-order valence-electron chi connectivity index (χ4n) is 4.40. The summed E-state index contributed by atoms with van der Waals surface area (Å²) in [7, 11) is 0. The molecule has 0 unspecified atom stereocenters. The van der Waals surface area contributed by atoms with Gasteiger partial charge in [0.25, 0.3) is 0 Å². The van der Waals surface area contributed by atoms with Gasteiger partial charge in [0, 0.05) is 23.0 Å². The van der Waals surface area contributed by atoms with Gasteiger partial charge in [0.1, 0.15) is 5.75 Å². The topological polar surface area (TPSA) is 20.2 Å². The molecule has 0 saturated carbocycles. The van der Waals surface area contributed by atoms with E-state index in [1.807, 2.05) is 6.07 Å². The van der Waals surface area contributed by atoms with Crippen LogP contribution < -0.4 is 0 Å². The third-order valence-electron chi connectivity index (χ3n) is 5.23. The molecule has 0 radical (unpaired) electrons. The third kappa shape index (κ3) is 1.43. The van der Waals surface area contributed by atoms with E-state index in [1.54, 1.807) is 6.07 Å². The van der Waals surface area contributed by atoms with E-state index in [9.17, 15) is 5.11 Å². The smallest absolute Gasteiger partial charge is 0.120 e. The minimum Gasteiger partial charge on any atom is -0.508 e. The lowest BCUT2D eigenvalue weighted by molar-refractivity contribution is 0.462. The van der Waals surface area contributed by atoms with Crippen molar-refractivity contribution in [2.45, 2.75) is 11.8 Å². The van der Waals surface area contributed by atoms with Gasteiger partial charge in [0.05, 0.1) is 0 Å². The van der Waals surface area contributed by atoms with Crippen molar-refractivity contribution in [3.8, 4) is 18.1 Å². The predicted molar refractivity (Wildman–Crippen MR) is 90.8 cm³/mol. The molecule has 3 aromatic rings. The second kappa shape index (κ2) is 4.27. The number of hydrogen-bond donors (Lipinski definition) is 1. The summed E-state index contributed by atoms with van der Waals surface area (Å²) < 4.78 is 0. The molecule has 1 nitrogen and oxygen atoms in total. The summed E-state index contributed by atoms with van der Waals surface area (Å²) in [5.41, 5.74) is 8.17. The molecular weight excluding hydrogens is 280 g/mol. The second-order valence-electron chi connectivity index (χ2n) is 6.23. The van der Waals surface area contributed by atoms with E-state index in [0.29, 0.717) is 5.75 Å². The Kier molecular flexibility index (Phi) is 2.33.